The van der Waals surface area contributed by atoms with E-state index in [1.54, 1.807) is 0 Å². The van der Waals surface area contributed by atoms with Crippen LogP contribution >= 0.6 is 0 Å². The van der Waals surface area contributed by atoms with E-state index in [4.69, 9.17) is 0 Å². The minimum absolute atomic E-state index is 0.597. The monoisotopic (exact) mass is 354 g/mol. The summed E-state index contributed by atoms with van der Waals surface area (Å²) in [6, 6.07) is 0. The van der Waals surface area contributed by atoms with E-state index in [0.717, 1.165) is 0 Å². The molecule has 14 heteroatoms. The Bertz CT molecular complexity index is 481. The van der Waals surface area contributed by atoms with Crippen LogP contribution in [0.5, 0.6) is 0 Å². The molecule has 0 aliphatic carbocycles. The van der Waals surface area contributed by atoms with E-state index in [1.165, 1.54) is 0 Å². The Labute approximate surface area is 109 Å². The first-order valence-electron chi connectivity index (χ1n) is 4.50. The molecule has 6 nitrogen and oxygen atoms in total. The number of halogens is 6. The van der Waals surface area contributed by atoms with Gasteiger partial charge in [0.1, 0.15) is 12.2 Å². The molecule has 2 atom stereocenters. The quantitative estimate of drug-likeness (QED) is 0.422. The first-order valence-corrected chi connectivity index (χ1v) is 7.32. The van der Waals surface area contributed by atoms with Gasteiger partial charge in [-0.3, -0.25) is 8.37 Å². The van der Waals surface area contributed by atoms with Crippen LogP contribution in [0.15, 0.2) is 0 Å². The smallest absolute Gasteiger partial charge is 0.257 e. The lowest BCUT2D eigenvalue weighted by molar-refractivity contribution is -0.0678. The van der Waals surface area contributed by atoms with E-state index in [0.29, 0.717) is 13.8 Å². The molecule has 0 unspecified atom stereocenters. The van der Waals surface area contributed by atoms with Crippen molar-refractivity contribution in [3.63, 3.8) is 0 Å². The van der Waals surface area contributed by atoms with Gasteiger partial charge in [0.05, 0.1) is 0 Å². The van der Waals surface area contributed by atoms with Crippen molar-refractivity contribution in [2.75, 3.05) is 0 Å². The minimum atomic E-state index is -6.09. The molecule has 0 radical (unpaired) electrons. The molecule has 0 bridgehead atoms. The van der Waals surface area contributed by atoms with E-state index in [-0.39, 0.29) is 0 Å². The third kappa shape index (κ3) is 4.75. The van der Waals surface area contributed by atoms with Gasteiger partial charge in [-0.15, -0.1) is 0 Å². The second kappa shape index (κ2) is 5.65. The summed E-state index contributed by atoms with van der Waals surface area (Å²) in [4.78, 5) is 0. The molecule has 122 valence electrons. The second-order valence-electron chi connectivity index (χ2n) is 3.40. The van der Waals surface area contributed by atoms with E-state index in [2.05, 4.69) is 8.37 Å². The zero-order valence-electron chi connectivity index (χ0n) is 9.69. The van der Waals surface area contributed by atoms with Gasteiger partial charge in [-0.1, -0.05) is 0 Å². The molecule has 0 aromatic rings. The SMILES string of the molecule is C[C@@H](OS(=O)(=O)C(F)(F)F)[C@@H](C)OS(=O)(=O)C(F)(F)F. The van der Waals surface area contributed by atoms with Crippen LogP contribution < -0.4 is 0 Å². The third-order valence-electron chi connectivity index (χ3n) is 1.78. The maximum absolute atomic E-state index is 11.9. The molecule has 0 aromatic carbocycles. The summed E-state index contributed by atoms with van der Waals surface area (Å²) in [6.07, 6.45) is -4.25. The van der Waals surface area contributed by atoms with Crippen LogP contribution in [0.4, 0.5) is 26.3 Å². The van der Waals surface area contributed by atoms with Gasteiger partial charge in [-0.05, 0) is 13.8 Å². The van der Waals surface area contributed by atoms with Crippen molar-refractivity contribution in [3.05, 3.63) is 0 Å². The summed E-state index contributed by atoms with van der Waals surface area (Å²) in [6.45, 7) is 1.19. The van der Waals surface area contributed by atoms with Crippen LogP contribution in [-0.4, -0.2) is 40.1 Å². The molecule has 20 heavy (non-hydrogen) atoms. The lowest BCUT2D eigenvalue weighted by Gasteiger charge is -2.21. The lowest BCUT2D eigenvalue weighted by atomic mass is 10.3. The molecule has 0 spiro atoms. The number of hydrogen-bond acceptors (Lipinski definition) is 6. The number of rotatable bonds is 5. The molecule has 0 rings (SSSR count). The summed E-state index contributed by atoms with van der Waals surface area (Å²) >= 11 is 0. The largest absolute Gasteiger partial charge is 0.523 e. The predicted molar refractivity (Wildman–Crippen MR) is 51.0 cm³/mol. The number of alkyl halides is 6. The molecule has 0 saturated carbocycles. The van der Waals surface area contributed by atoms with Crippen LogP contribution in [0, 0.1) is 0 Å². The van der Waals surface area contributed by atoms with Crippen LogP contribution in [0.25, 0.3) is 0 Å². The van der Waals surface area contributed by atoms with Crippen molar-refractivity contribution >= 4 is 20.2 Å². The van der Waals surface area contributed by atoms with Crippen molar-refractivity contribution in [3.8, 4) is 0 Å². The fourth-order valence-corrected chi connectivity index (χ4v) is 2.00. The summed E-state index contributed by atoms with van der Waals surface area (Å²) in [5.74, 6) is 0. The zero-order chi connectivity index (χ0) is 16.6. The maximum Gasteiger partial charge on any atom is 0.523 e. The highest BCUT2D eigenvalue weighted by Gasteiger charge is 2.51. The summed E-state index contributed by atoms with van der Waals surface area (Å²) in [7, 11) is -12.2. The highest BCUT2D eigenvalue weighted by atomic mass is 32.2. The Morgan fingerprint density at radius 2 is 0.900 bits per heavy atom. The maximum atomic E-state index is 11.9. The molecule has 0 heterocycles. The molecule has 0 aliphatic heterocycles. The average molecular weight is 354 g/mol. The Balaban J connectivity index is 4.97. The summed E-state index contributed by atoms with van der Waals surface area (Å²) < 4.78 is 121. The molecular formula is C6H8F6O6S2. The molecule has 0 N–H and O–H groups in total. The molecule has 0 amide bonds. The molecule has 0 aliphatic rings. The fraction of sp³-hybridized carbons (Fsp3) is 1.00. The number of hydrogen-bond donors (Lipinski definition) is 0. The van der Waals surface area contributed by atoms with Gasteiger partial charge in [0.25, 0.3) is 0 Å². The van der Waals surface area contributed by atoms with E-state index < -0.39 is 43.5 Å². The first kappa shape index (κ1) is 19.4. The van der Waals surface area contributed by atoms with Gasteiger partial charge < -0.3 is 0 Å². The van der Waals surface area contributed by atoms with Crippen LogP contribution in [0.1, 0.15) is 13.8 Å². The van der Waals surface area contributed by atoms with E-state index >= 15 is 0 Å². The van der Waals surface area contributed by atoms with Gasteiger partial charge >= 0.3 is 31.3 Å². The lowest BCUT2D eigenvalue weighted by Crippen LogP contribution is -2.38. The van der Waals surface area contributed by atoms with E-state index in [9.17, 15) is 43.2 Å². The van der Waals surface area contributed by atoms with Gasteiger partial charge in [-0.25, -0.2) is 0 Å². The van der Waals surface area contributed by atoms with Gasteiger partial charge in [-0.2, -0.15) is 43.2 Å². The highest BCUT2D eigenvalue weighted by Crippen LogP contribution is 2.29. The van der Waals surface area contributed by atoms with Crippen LogP contribution in [0.2, 0.25) is 0 Å². The van der Waals surface area contributed by atoms with Gasteiger partial charge in [0.15, 0.2) is 0 Å². The van der Waals surface area contributed by atoms with Crippen molar-refractivity contribution in [2.45, 2.75) is 37.1 Å². The normalized spacial score (nSPS) is 17.8. The predicted octanol–water partition coefficient (Wildman–Crippen LogP) is 1.50. The topological polar surface area (TPSA) is 86.7 Å². The third-order valence-corrected chi connectivity index (χ3v) is 4.03. The van der Waals surface area contributed by atoms with Crippen molar-refractivity contribution in [2.24, 2.45) is 0 Å². The molecule has 0 fully saturated rings. The van der Waals surface area contributed by atoms with Gasteiger partial charge in [0, 0.05) is 0 Å². The Kier molecular flexibility index (Phi) is 5.48. The Hall–Kier alpha value is -0.600. The second-order valence-corrected chi connectivity index (χ2v) is 6.53. The van der Waals surface area contributed by atoms with Gasteiger partial charge in [0.2, 0.25) is 0 Å². The zero-order valence-corrected chi connectivity index (χ0v) is 11.3. The van der Waals surface area contributed by atoms with Crippen molar-refractivity contribution in [1.29, 1.82) is 0 Å². The van der Waals surface area contributed by atoms with Crippen molar-refractivity contribution < 1.29 is 51.5 Å². The average Bonchev–Trinajstić information content (AvgIpc) is 2.12. The first-order chi connectivity index (χ1) is 8.51. The summed E-state index contributed by atoms with van der Waals surface area (Å²) in [5.41, 5.74) is -11.6. The standard InChI is InChI=1S/C6H8F6O6S2/c1-3(17-19(13,14)5(7,8)9)4(2)18-20(15,16)6(10,11)12/h3-4H,1-2H3/t3-,4-/m1/s1. The van der Waals surface area contributed by atoms with E-state index in [1.807, 2.05) is 0 Å². The highest BCUT2D eigenvalue weighted by molar-refractivity contribution is 7.88. The minimum Gasteiger partial charge on any atom is -0.257 e. The molecule has 0 saturated heterocycles. The summed E-state index contributed by atoms with van der Waals surface area (Å²) in [5, 5.41) is 0. The fourth-order valence-electron chi connectivity index (χ4n) is 0.665. The van der Waals surface area contributed by atoms with Crippen molar-refractivity contribution in [1.82, 2.24) is 0 Å². The molecule has 0 aromatic heterocycles. The Morgan fingerprint density at radius 1 is 0.700 bits per heavy atom. The van der Waals surface area contributed by atoms with Crippen LogP contribution in [-0.2, 0) is 28.6 Å². The molecular weight excluding hydrogens is 346 g/mol. The van der Waals surface area contributed by atoms with Crippen LogP contribution in [0.3, 0.4) is 0 Å². The Morgan fingerprint density at radius 3 is 1.05 bits per heavy atom.